The van der Waals surface area contributed by atoms with Gasteiger partial charge in [0.05, 0.1) is 31.7 Å². The Kier molecular flexibility index (Phi) is 6.42. The average molecular weight is 382 g/mol. The molecule has 2 aromatic heterocycles. The number of methoxy groups -OCH3 is 1. The Morgan fingerprint density at radius 1 is 1.25 bits per heavy atom. The largest absolute Gasteiger partial charge is 0.501 e. The number of ether oxygens (including phenoxy) is 2. The number of hydrogen-bond donors (Lipinski definition) is 0. The van der Waals surface area contributed by atoms with Gasteiger partial charge >= 0.3 is 5.97 Å². The van der Waals surface area contributed by atoms with Crippen LogP contribution in [0.15, 0.2) is 49.0 Å². The molecule has 0 aliphatic rings. The second kappa shape index (κ2) is 9.17. The number of esters is 1. The molecule has 3 aromatic rings. The molecule has 0 aliphatic heterocycles. The maximum absolute atomic E-state index is 13.1. The van der Waals surface area contributed by atoms with Gasteiger partial charge in [-0.05, 0) is 36.3 Å². The highest BCUT2D eigenvalue weighted by Crippen LogP contribution is 2.25. The Bertz CT molecular complexity index is 977. The maximum atomic E-state index is 13.1. The lowest BCUT2D eigenvalue weighted by Crippen LogP contribution is -2.07. The lowest BCUT2D eigenvalue weighted by molar-refractivity contribution is 0.0594. The van der Waals surface area contributed by atoms with Crippen LogP contribution in [-0.2, 0) is 16.0 Å². The highest BCUT2D eigenvalue weighted by Gasteiger charge is 2.17. The van der Waals surface area contributed by atoms with Crippen molar-refractivity contribution in [2.75, 3.05) is 13.7 Å². The third-order valence-corrected chi connectivity index (χ3v) is 4.46. The van der Waals surface area contributed by atoms with Gasteiger partial charge in [-0.15, -0.1) is 0 Å². The molecular weight excluding hydrogens is 359 g/mol. The van der Waals surface area contributed by atoms with Crippen molar-refractivity contribution in [2.24, 2.45) is 0 Å². The van der Waals surface area contributed by atoms with E-state index in [-0.39, 0.29) is 11.5 Å². The summed E-state index contributed by atoms with van der Waals surface area (Å²) >= 11 is 0. The first-order valence-electron chi connectivity index (χ1n) is 9.22. The van der Waals surface area contributed by atoms with Crippen LogP contribution in [0.2, 0.25) is 0 Å². The molecule has 0 N–H and O–H groups in total. The van der Waals surface area contributed by atoms with E-state index >= 15 is 0 Å². The van der Waals surface area contributed by atoms with Crippen molar-refractivity contribution in [3.8, 4) is 0 Å². The van der Waals surface area contributed by atoms with Gasteiger partial charge in [0.25, 0.3) is 0 Å². The van der Waals surface area contributed by atoms with Gasteiger partial charge in [-0.3, -0.25) is 0 Å². The Balaban J connectivity index is 1.96. The van der Waals surface area contributed by atoms with Gasteiger partial charge in [0.1, 0.15) is 5.82 Å². The fourth-order valence-corrected chi connectivity index (χ4v) is 2.94. The van der Waals surface area contributed by atoms with E-state index in [0.717, 1.165) is 29.3 Å². The van der Waals surface area contributed by atoms with Crippen molar-refractivity contribution in [3.63, 3.8) is 0 Å². The minimum atomic E-state index is -0.499. The van der Waals surface area contributed by atoms with Gasteiger partial charge < -0.3 is 14.0 Å². The SMILES string of the molecule is CCCCO/C=C/c1c(C(=O)OC)ncc2c1ccn2Cc1ccc(F)cc1. The monoisotopic (exact) mass is 382 g/mol. The van der Waals surface area contributed by atoms with Crippen molar-refractivity contribution in [2.45, 2.75) is 26.3 Å². The molecule has 0 aliphatic carbocycles. The van der Waals surface area contributed by atoms with Gasteiger partial charge in [0, 0.05) is 23.7 Å². The molecule has 6 heteroatoms. The molecule has 0 fully saturated rings. The summed E-state index contributed by atoms with van der Waals surface area (Å²) < 4.78 is 25.5. The first-order chi connectivity index (χ1) is 13.6. The summed E-state index contributed by atoms with van der Waals surface area (Å²) in [5.74, 6) is -0.762. The predicted octanol–water partition coefficient (Wildman–Crippen LogP) is 4.80. The van der Waals surface area contributed by atoms with Crippen LogP contribution in [0, 0.1) is 5.82 Å². The maximum Gasteiger partial charge on any atom is 0.357 e. The smallest absolute Gasteiger partial charge is 0.357 e. The molecule has 0 saturated heterocycles. The minimum Gasteiger partial charge on any atom is -0.501 e. The molecule has 146 valence electrons. The van der Waals surface area contributed by atoms with E-state index in [1.807, 2.05) is 16.8 Å². The molecule has 0 atom stereocenters. The van der Waals surface area contributed by atoms with E-state index in [9.17, 15) is 9.18 Å². The Hall–Kier alpha value is -3.15. The van der Waals surface area contributed by atoms with Crippen molar-refractivity contribution in [1.82, 2.24) is 9.55 Å². The summed E-state index contributed by atoms with van der Waals surface area (Å²) in [6.07, 6.45) is 8.93. The molecule has 0 radical (unpaired) electrons. The van der Waals surface area contributed by atoms with E-state index in [4.69, 9.17) is 9.47 Å². The van der Waals surface area contributed by atoms with Gasteiger partial charge in [-0.2, -0.15) is 0 Å². The third kappa shape index (κ3) is 4.39. The Labute approximate surface area is 163 Å². The van der Waals surface area contributed by atoms with E-state index in [2.05, 4.69) is 11.9 Å². The van der Waals surface area contributed by atoms with Crippen LogP contribution in [0.1, 0.15) is 41.4 Å². The summed E-state index contributed by atoms with van der Waals surface area (Å²) in [5, 5.41) is 0.868. The first-order valence-corrected chi connectivity index (χ1v) is 9.22. The lowest BCUT2D eigenvalue weighted by Gasteiger charge is -2.09. The second-order valence-corrected chi connectivity index (χ2v) is 6.41. The van der Waals surface area contributed by atoms with E-state index in [0.29, 0.717) is 18.7 Å². The summed E-state index contributed by atoms with van der Waals surface area (Å²) in [6, 6.07) is 8.31. The number of unbranched alkanes of at least 4 members (excludes halogenated alkanes) is 1. The average Bonchev–Trinajstić information content (AvgIpc) is 3.12. The summed E-state index contributed by atoms with van der Waals surface area (Å²) in [7, 11) is 1.33. The highest BCUT2D eigenvalue weighted by atomic mass is 19.1. The molecule has 1 aromatic carbocycles. The van der Waals surface area contributed by atoms with Crippen LogP contribution in [0.5, 0.6) is 0 Å². The molecule has 3 rings (SSSR count). The van der Waals surface area contributed by atoms with Crippen LogP contribution in [0.4, 0.5) is 4.39 Å². The number of carbonyl (C=O) groups excluding carboxylic acids is 1. The molecule has 0 saturated carbocycles. The topological polar surface area (TPSA) is 53.4 Å². The van der Waals surface area contributed by atoms with Gasteiger partial charge in [-0.25, -0.2) is 14.2 Å². The quantitative estimate of drug-likeness (QED) is 0.319. The summed E-state index contributed by atoms with van der Waals surface area (Å²) in [5.41, 5.74) is 2.73. The number of nitrogens with zero attached hydrogens (tertiary/aromatic N) is 2. The fourth-order valence-electron chi connectivity index (χ4n) is 2.94. The van der Waals surface area contributed by atoms with Crippen molar-refractivity contribution in [3.05, 3.63) is 71.6 Å². The molecule has 0 bridgehead atoms. The van der Waals surface area contributed by atoms with Crippen LogP contribution in [0.25, 0.3) is 17.0 Å². The van der Waals surface area contributed by atoms with Crippen molar-refractivity contribution in [1.29, 1.82) is 0 Å². The third-order valence-electron chi connectivity index (χ3n) is 4.46. The van der Waals surface area contributed by atoms with Gasteiger partial charge in [-0.1, -0.05) is 25.5 Å². The number of hydrogen-bond acceptors (Lipinski definition) is 4. The van der Waals surface area contributed by atoms with Crippen molar-refractivity contribution >= 4 is 22.9 Å². The number of carbonyl (C=O) groups is 1. The number of pyridine rings is 1. The van der Waals surface area contributed by atoms with Crippen LogP contribution >= 0.6 is 0 Å². The molecule has 0 spiro atoms. The summed E-state index contributed by atoms with van der Waals surface area (Å²) in [6.45, 7) is 3.28. The van der Waals surface area contributed by atoms with Crippen molar-refractivity contribution < 1.29 is 18.7 Å². The lowest BCUT2D eigenvalue weighted by atomic mass is 10.1. The standard InChI is InChI=1S/C22H23FN2O3/c1-3-4-12-28-13-10-19-18-9-11-25(15-16-5-7-17(23)8-6-16)20(18)14-24-21(19)22(26)27-2/h5-11,13-14H,3-4,12,15H2,1-2H3/b13-10+. The first kappa shape index (κ1) is 19.6. The fraction of sp³-hybridized carbons (Fsp3) is 0.273. The molecule has 0 amide bonds. The zero-order chi connectivity index (χ0) is 19.9. The number of fused-ring (bicyclic) bond motifs is 1. The molecule has 2 heterocycles. The molecule has 5 nitrogen and oxygen atoms in total. The number of rotatable bonds is 8. The highest BCUT2D eigenvalue weighted by molar-refractivity contribution is 6.00. The Morgan fingerprint density at radius 2 is 2.04 bits per heavy atom. The second-order valence-electron chi connectivity index (χ2n) is 6.41. The molecule has 28 heavy (non-hydrogen) atoms. The predicted molar refractivity (Wildman–Crippen MR) is 106 cm³/mol. The number of aromatic nitrogens is 2. The van der Waals surface area contributed by atoms with Gasteiger partial charge in [0.15, 0.2) is 5.69 Å². The normalized spacial score (nSPS) is 11.2. The van der Waals surface area contributed by atoms with Crippen LogP contribution in [0.3, 0.4) is 0 Å². The number of benzene rings is 1. The summed E-state index contributed by atoms with van der Waals surface area (Å²) in [4.78, 5) is 16.5. The van der Waals surface area contributed by atoms with Crippen LogP contribution in [-0.4, -0.2) is 29.2 Å². The minimum absolute atomic E-state index is 0.241. The van der Waals surface area contributed by atoms with E-state index in [1.54, 1.807) is 30.7 Å². The molecular formula is C22H23FN2O3. The zero-order valence-electron chi connectivity index (χ0n) is 16.0. The number of halogens is 1. The van der Waals surface area contributed by atoms with E-state index < -0.39 is 5.97 Å². The molecule has 0 unspecified atom stereocenters. The van der Waals surface area contributed by atoms with Gasteiger partial charge in [0.2, 0.25) is 0 Å². The van der Waals surface area contributed by atoms with Crippen LogP contribution < -0.4 is 0 Å². The Morgan fingerprint density at radius 3 is 2.75 bits per heavy atom. The zero-order valence-corrected chi connectivity index (χ0v) is 16.0. The van der Waals surface area contributed by atoms with E-state index in [1.165, 1.54) is 19.2 Å².